The first-order valence-corrected chi connectivity index (χ1v) is 5.58. The summed E-state index contributed by atoms with van der Waals surface area (Å²) in [4.78, 5) is 22.7. The smallest absolute Gasteiger partial charge is 0.407 e. The fourth-order valence-corrected chi connectivity index (χ4v) is 1.51. The van der Waals surface area contributed by atoms with Gasteiger partial charge in [-0.15, -0.1) is 0 Å². The molecule has 0 spiro atoms. The molecule has 0 aliphatic rings. The Bertz CT molecular complexity index is 358. The molecule has 92 valence electrons. The van der Waals surface area contributed by atoms with Crippen molar-refractivity contribution in [3.05, 3.63) is 35.9 Å². The number of Topliss-reactive ketones (excluding diaryl/α,β-unsaturated/α-hetero) is 1. The van der Waals surface area contributed by atoms with Crippen molar-refractivity contribution in [1.29, 1.82) is 0 Å². The summed E-state index contributed by atoms with van der Waals surface area (Å²) in [6.45, 7) is 1.81. The lowest BCUT2D eigenvalue weighted by Crippen LogP contribution is -2.29. The van der Waals surface area contributed by atoms with E-state index < -0.39 is 6.09 Å². The quantitative estimate of drug-likeness (QED) is 0.852. The van der Waals surface area contributed by atoms with Gasteiger partial charge in [-0.25, -0.2) is 4.79 Å². The van der Waals surface area contributed by atoms with Crippen LogP contribution in [0.15, 0.2) is 30.3 Å². The second-order valence-electron chi connectivity index (χ2n) is 3.70. The minimum atomic E-state index is -0.525. The predicted molar refractivity (Wildman–Crippen MR) is 64.6 cm³/mol. The van der Waals surface area contributed by atoms with Crippen molar-refractivity contribution in [2.45, 2.75) is 25.8 Å². The van der Waals surface area contributed by atoms with Gasteiger partial charge in [0, 0.05) is 12.8 Å². The van der Waals surface area contributed by atoms with Crippen LogP contribution < -0.4 is 5.32 Å². The first-order valence-electron chi connectivity index (χ1n) is 5.58. The molecule has 1 amide bonds. The molecule has 1 rings (SSSR count). The van der Waals surface area contributed by atoms with Gasteiger partial charge < -0.3 is 10.1 Å². The number of amides is 1. The lowest BCUT2D eigenvalue weighted by atomic mass is 10.0. The van der Waals surface area contributed by atoms with Crippen molar-refractivity contribution in [2.75, 3.05) is 7.11 Å². The standard InChI is InChI=1S/C13H17NO3/c1-3-11(15)9-12(14-13(16)17-2)10-7-5-4-6-8-10/h4-8,12H,3,9H2,1-2H3,(H,14,16). The number of benzene rings is 1. The number of carbonyl (C=O) groups excluding carboxylic acids is 2. The van der Waals surface area contributed by atoms with E-state index in [2.05, 4.69) is 10.1 Å². The third kappa shape index (κ3) is 4.26. The number of carbonyl (C=O) groups is 2. The second kappa shape index (κ2) is 6.68. The van der Waals surface area contributed by atoms with Gasteiger partial charge in [-0.2, -0.15) is 0 Å². The van der Waals surface area contributed by atoms with Crippen LogP contribution in [0.2, 0.25) is 0 Å². The monoisotopic (exact) mass is 235 g/mol. The van der Waals surface area contributed by atoms with Crippen molar-refractivity contribution in [1.82, 2.24) is 5.32 Å². The average molecular weight is 235 g/mol. The van der Waals surface area contributed by atoms with Gasteiger partial charge in [0.05, 0.1) is 13.2 Å². The highest BCUT2D eigenvalue weighted by Gasteiger charge is 2.17. The Kier molecular flexibility index (Phi) is 5.20. The van der Waals surface area contributed by atoms with E-state index in [-0.39, 0.29) is 18.2 Å². The highest BCUT2D eigenvalue weighted by atomic mass is 16.5. The van der Waals surface area contributed by atoms with E-state index in [0.29, 0.717) is 6.42 Å². The molecule has 17 heavy (non-hydrogen) atoms. The Morgan fingerprint density at radius 3 is 2.47 bits per heavy atom. The summed E-state index contributed by atoms with van der Waals surface area (Å²) in [5, 5.41) is 2.67. The summed E-state index contributed by atoms with van der Waals surface area (Å²) < 4.78 is 4.56. The zero-order valence-corrected chi connectivity index (χ0v) is 10.1. The number of ketones is 1. The van der Waals surface area contributed by atoms with Crippen molar-refractivity contribution in [2.24, 2.45) is 0 Å². The molecule has 0 heterocycles. The Hall–Kier alpha value is -1.84. The third-order valence-electron chi connectivity index (χ3n) is 2.51. The van der Waals surface area contributed by atoms with Crippen LogP contribution in [0.3, 0.4) is 0 Å². The van der Waals surface area contributed by atoms with E-state index in [4.69, 9.17) is 0 Å². The largest absolute Gasteiger partial charge is 0.453 e. The van der Waals surface area contributed by atoms with E-state index in [1.54, 1.807) is 0 Å². The summed E-state index contributed by atoms with van der Waals surface area (Å²) in [5.41, 5.74) is 0.903. The number of hydrogen-bond acceptors (Lipinski definition) is 3. The molecule has 0 aromatic heterocycles. The number of methoxy groups -OCH3 is 1. The van der Waals surface area contributed by atoms with Crippen LogP contribution >= 0.6 is 0 Å². The van der Waals surface area contributed by atoms with E-state index in [1.165, 1.54) is 7.11 Å². The van der Waals surface area contributed by atoms with E-state index >= 15 is 0 Å². The molecule has 0 radical (unpaired) electrons. The molecule has 0 bridgehead atoms. The van der Waals surface area contributed by atoms with Gasteiger partial charge in [0.25, 0.3) is 0 Å². The number of nitrogens with one attached hydrogen (secondary N) is 1. The maximum Gasteiger partial charge on any atom is 0.407 e. The third-order valence-corrected chi connectivity index (χ3v) is 2.51. The number of ether oxygens (including phenoxy) is 1. The van der Waals surface area contributed by atoms with Gasteiger partial charge in [-0.3, -0.25) is 4.79 Å². The highest BCUT2D eigenvalue weighted by Crippen LogP contribution is 2.17. The first-order chi connectivity index (χ1) is 8.17. The summed E-state index contributed by atoms with van der Waals surface area (Å²) in [5.74, 6) is 0.107. The lowest BCUT2D eigenvalue weighted by Gasteiger charge is -2.17. The van der Waals surface area contributed by atoms with Crippen molar-refractivity contribution < 1.29 is 14.3 Å². The minimum Gasteiger partial charge on any atom is -0.453 e. The van der Waals surface area contributed by atoms with Gasteiger partial charge in [0.1, 0.15) is 5.78 Å². The molecule has 4 heteroatoms. The van der Waals surface area contributed by atoms with E-state index in [0.717, 1.165) is 5.56 Å². The summed E-state index contributed by atoms with van der Waals surface area (Å²) >= 11 is 0. The molecule has 1 aromatic carbocycles. The zero-order chi connectivity index (χ0) is 12.7. The van der Waals surface area contributed by atoms with Crippen LogP contribution in [-0.2, 0) is 9.53 Å². The molecule has 0 aliphatic heterocycles. The van der Waals surface area contributed by atoms with Crippen molar-refractivity contribution in [3.63, 3.8) is 0 Å². The fourth-order valence-electron chi connectivity index (χ4n) is 1.51. The summed E-state index contributed by atoms with van der Waals surface area (Å²) in [6.07, 6.45) is 0.227. The van der Waals surface area contributed by atoms with E-state index in [1.807, 2.05) is 37.3 Å². The lowest BCUT2D eigenvalue weighted by molar-refractivity contribution is -0.119. The molecule has 1 unspecified atom stereocenters. The van der Waals surface area contributed by atoms with Crippen LogP contribution in [0, 0.1) is 0 Å². The van der Waals surface area contributed by atoms with Crippen molar-refractivity contribution >= 4 is 11.9 Å². The van der Waals surface area contributed by atoms with Crippen LogP contribution in [0.5, 0.6) is 0 Å². The van der Waals surface area contributed by atoms with Crippen LogP contribution in [0.4, 0.5) is 4.79 Å². The maximum atomic E-state index is 11.5. The molecule has 0 fully saturated rings. The molecule has 0 aliphatic carbocycles. The van der Waals surface area contributed by atoms with Crippen LogP contribution in [0.1, 0.15) is 31.4 Å². The minimum absolute atomic E-state index is 0.107. The molecular formula is C13H17NO3. The summed E-state index contributed by atoms with van der Waals surface area (Å²) in [6, 6.07) is 9.07. The Morgan fingerprint density at radius 1 is 1.29 bits per heavy atom. The topological polar surface area (TPSA) is 55.4 Å². The second-order valence-corrected chi connectivity index (χ2v) is 3.70. The number of rotatable bonds is 5. The Balaban J connectivity index is 2.79. The average Bonchev–Trinajstić information content (AvgIpc) is 2.38. The number of alkyl carbamates (subject to hydrolysis) is 1. The van der Waals surface area contributed by atoms with Gasteiger partial charge in [0.15, 0.2) is 0 Å². The number of hydrogen-bond donors (Lipinski definition) is 1. The first kappa shape index (κ1) is 13.2. The molecule has 4 nitrogen and oxygen atoms in total. The van der Waals surface area contributed by atoms with E-state index in [9.17, 15) is 9.59 Å². The molecule has 1 aromatic rings. The Morgan fingerprint density at radius 2 is 1.94 bits per heavy atom. The molecule has 0 saturated heterocycles. The molecule has 1 atom stereocenters. The van der Waals surface area contributed by atoms with Gasteiger partial charge in [-0.05, 0) is 5.56 Å². The molecule has 1 N–H and O–H groups in total. The highest BCUT2D eigenvalue weighted by molar-refractivity contribution is 5.79. The SMILES string of the molecule is CCC(=O)CC(NC(=O)OC)c1ccccc1. The Labute approximate surface area is 101 Å². The van der Waals surface area contributed by atoms with Gasteiger partial charge in [-0.1, -0.05) is 37.3 Å². The molecule has 0 saturated carbocycles. The normalized spacial score (nSPS) is 11.6. The predicted octanol–water partition coefficient (Wildman–Crippen LogP) is 2.45. The summed E-state index contributed by atoms with van der Waals surface area (Å²) in [7, 11) is 1.30. The maximum absolute atomic E-state index is 11.5. The van der Waals surface area contributed by atoms with Crippen molar-refractivity contribution in [3.8, 4) is 0 Å². The van der Waals surface area contributed by atoms with Gasteiger partial charge >= 0.3 is 6.09 Å². The van der Waals surface area contributed by atoms with Crippen LogP contribution in [0.25, 0.3) is 0 Å². The van der Waals surface area contributed by atoms with Crippen LogP contribution in [-0.4, -0.2) is 19.0 Å². The zero-order valence-electron chi connectivity index (χ0n) is 10.1. The fraction of sp³-hybridized carbons (Fsp3) is 0.385. The van der Waals surface area contributed by atoms with Gasteiger partial charge in [0.2, 0.25) is 0 Å². The molecular weight excluding hydrogens is 218 g/mol.